The monoisotopic (exact) mass is 311 g/mol. The number of nitrogens with one attached hydrogen (secondary N) is 1. The quantitative estimate of drug-likeness (QED) is 0.849. The van der Waals surface area contributed by atoms with Crippen molar-refractivity contribution in [3.05, 3.63) is 28.8 Å². The van der Waals surface area contributed by atoms with Gasteiger partial charge in [0.25, 0.3) is 0 Å². The van der Waals surface area contributed by atoms with Crippen LogP contribution in [0.4, 0.5) is 0 Å². The normalized spacial score (nSPS) is 16.7. The van der Waals surface area contributed by atoms with E-state index in [1.54, 1.807) is 13.2 Å². The maximum atomic E-state index is 11.8. The van der Waals surface area contributed by atoms with Crippen LogP contribution in [-0.4, -0.2) is 30.3 Å². The highest BCUT2D eigenvalue weighted by atomic mass is 35.5. The Kier molecular flexibility index (Phi) is 5.48. The molecule has 0 aliphatic heterocycles. The summed E-state index contributed by atoms with van der Waals surface area (Å²) < 4.78 is 5.09. The van der Waals surface area contributed by atoms with Crippen molar-refractivity contribution in [1.29, 1.82) is 0 Å². The average Bonchev–Trinajstić information content (AvgIpc) is 2.90. The number of rotatable bonds is 6. The van der Waals surface area contributed by atoms with Crippen molar-refractivity contribution >= 4 is 17.5 Å². The molecule has 0 saturated heterocycles. The van der Waals surface area contributed by atoms with Gasteiger partial charge in [0, 0.05) is 13.0 Å². The zero-order valence-electron chi connectivity index (χ0n) is 12.3. The van der Waals surface area contributed by atoms with Crippen molar-refractivity contribution in [3.63, 3.8) is 0 Å². The van der Waals surface area contributed by atoms with E-state index in [-0.39, 0.29) is 5.91 Å². The van der Waals surface area contributed by atoms with Gasteiger partial charge in [-0.3, -0.25) is 4.79 Å². The lowest BCUT2D eigenvalue weighted by Gasteiger charge is -2.22. The average molecular weight is 312 g/mol. The van der Waals surface area contributed by atoms with Crippen LogP contribution in [0.1, 0.15) is 37.7 Å². The number of halogens is 1. The van der Waals surface area contributed by atoms with Crippen molar-refractivity contribution in [2.75, 3.05) is 13.7 Å². The Bertz CT molecular complexity index is 498. The van der Waals surface area contributed by atoms with Crippen LogP contribution < -0.4 is 10.1 Å². The smallest absolute Gasteiger partial charge is 0.220 e. The van der Waals surface area contributed by atoms with Gasteiger partial charge in [-0.1, -0.05) is 30.5 Å². The number of carbonyl (C=O) groups excluding carboxylic acids is 1. The molecule has 4 nitrogen and oxygen atoms in total. The number of carbonyl (C=O) groups is 1. The molecule has 1 aromatic rings. The highest BCUT2D eigenvalue weighted by molar-refractivity contribution is 6.32. The lowest BCUT2D eigenvalue weighted by atomic mass is 10.0. The summed E-state index contributed by atoms with van der Waals surface area (Å²) in [6.45, 7) is 0.356. The summed E-state index contributed by atoms with van der Waals surface area (Å²) in [6, 6.07) is 5.53. The molecular weight excluding hydrogens is 290 g/mol. The van der Waals surface area contributed by atoms with Gasteiger partial charge in [-0.2, -0.15) is 0 Å². The van der Waals surface area contributed by atoms with Crippen molar-refractivity contribution in [1.82, 2.24) is 5.32 Å². The number of amides is 1. The molecule has 116 valence electrons. The van der Waals surface area contributed by atoms with Gasteiger partial charge in [-0.15, -0.1) is 0 Å². The van der Waals surface area contributed by atoms with Crippen molar-refractivity contribution in [2.24, 2.45) is 0 Å². The molecule has 1 aliphatic rings. The van der Waals surface area contributed by atoms with Gasteiger partial charge >= 0.3 is 0 Å². The van der Waals surface area contributed by atoms with Gasteiger partial charge in [0.15, 0.2) is 0 Å². The van der Waals surface area contributed by atoms with Crippen LogP contribution in [0.25, 0.3) is 0 Å². The molecule has 0 radical (unpaired) electrons. The van der Waals surface area contributed by atoms with E-state index in [2.05, 4.69) is 5.32 Å². The predicted molar refractivity (Wildman–Crippen MR) is 82.8 cm³/mol. The van der Waals surface area contributed by atoms with Gasteiger partial charge in [-0.05, 0) is 37.0 Å². The molecule has 21 heavy (non-hydrogen) atoms. The molecule has 0 bridgehead atoms. The lowest BCUT2D eigenvalue weighted by molar-refractivity contribution is -0.122. The maximum absolute atomic E-state index is 11.8. The number of methoxy groups -OCH3 is 1. The van der Waals surface area contributed by atoms with E-state index in [0.717, 1.165) is 31.2 Å². The largest absolute Gasteiger partial charge is 0.495 e. The molecule has 0 spiro atoms. The van der Waals surface area contributed by atoms with Crippen LogP contribution in [0.15, 0.2) is 18.2 Å². The minimum absolute atomic E-state index is 0.0396. The fraction of sp³-hybridized carbons (Fsp3) is 0.562. The van der Waals surface area contributed by atoms with Crippen molar-refractivity contribution in [3.8, 4) is 5.75 Å². The number of hydrogen-bond donors (Lipinski definition) is 2. The summed E-state index contributed by atoms with van der Waals surface area (Å²) in [4.78, 5) is 11.8. The number of benzene rings is 1. The second-order valence-electron chi connectivity index (χ2n) is 5.68. The SMILES string of the molecule is COc1ccc(CCC(=O)NCC2(O)CCCC2)cc1Cl. The van der Waals surface area contributed by atoms with E-state index in [1.165, 1.54) is 0 Å². The number of aryl methyl sites for hydroxylation is 1. The van der Waals surface area contributed by atoms with Crippen LogP contribution in [0.2, 0.25) is 5.02 Å². The van der Waals surface area contributed by atoms with E-state index < -0.39 is 5.60 Å². The summed E-state index contributed by atoms with van der Waals surface area (Å²) in [5.74, 6) is 0.593. The molecular formula is C16H22ClNO3. The predicted octanol–water partition coefficient (Wildman–Crippen LogP) is 2.70. The molecule has 0 atom stereocenters. The second kappa shape index (κ2) is 7.14. The fourth-order valence-corrected chi connectivity index (χ4v) is 2.96. The molecule has 1 amide bonds. The van der Waals surface area contributed by atoms with Gasteiger partial charge in [0.1, 0.15) is 5.75 Å². The fourth-order valence-electron chi connectivity index (χ4n) is 2.68. The summed E-state index contributed by atoms with van der Waals surface area (Å²) in [7, 11) is 1.57. The molecule has 0 heterocycles. The topological polar surface area (TPSA) is 58.6 Å². The Balaban J connectivity index is 1.77. The van der Waals surface area contributed by atoms with E-state index >= 15 is 0 Å². The van der Waals surface area contributed by atoms with Crippen LogP contribution >= 0.6 is 11.6 Å². The van der Waals surface area contributed by atoms with E-state index in [0.29, 0.717) is 30.2 Å². The molecule has 2 N–H and O–H groups in total. The number of ether oxygens (including phenoxy) is 1. The molecule has 0 unspecified atom stereocenters. The summed E-state index contributed by atoms with van der Waals surface area (Å²) in [5.41, 5.74) is 0.301. The molecule has 1 aliphatic carbocycles. The molecule has 1 saturated carbocycles. The van der Waals surface area contributed by atoms with E-state index in [9.17, 15) is 9.90 Å². The van der Waals surface area contributed by atoms with E-state index in [1.807, 2.05) is 12.1 Å². The Morgan fingerprint density at radius 2 is 2.14 bits per heavy atom. The van der Waals surface area contributed by atoms with Gasteiger partial charge in [0.2, 0.25) is 5.91 Å². The van der Waals surface area contributed by atoms with E-state index in [4.69, 9.17) is 16.3 Å². The number of aliphatic hydroxyl groups is 1. The molecule has 1 aromatic carbocycles. The third-order valence-corrected chi connectivity index (χ3v) is 4.30. The Hall–Kier alpha value is -1.26. The third kappa shape index (κ3) is 4.61. The summed E-state index contributed by atoms with van der Waals surface area (Å²) in [6.07, 6.45) is 4.64. The zero-order chi connectivity index (χ0) is 15.3. The summed E-state index contributed by atoms with van der Waals surface area (Å²) in [5, 5.41) is 13.6. The van der Waals surface area contributed by atoms with Gasteiger partial charge < -0.3 is 15.2 Å². The Morgan fingerprint density at radius 3 is 2.76 bits per heavy atom. The highest BCUT2D eigenvalue weighted by Crippen LogP contribution is 2.28. The Morgan fingerprint density at radius 1 is 1.43 bits per heavy atom. The second-order valence-corrected chi connectivity index (χ2v) is 6.08. The van der Waals surface area contributed by atoms with Crippen LogP contribution in [0.5, 0.6) is 5.75 Å². The molecule has 2 rings (SSSR count). The van der Waals surface area contributed by atoms with Gasteiger partial charge in [-0.25, -0.2) is 0 Å². The van der Waals surface area contributed by atoms with Crippen molar-refractivity contribution < 1.29 is 14.6 Å². The third-order valence-electron chi connectivity index (χ3n) is 4.01. The lowest BCUT2D eigenvalue weighted by Crippen LogP contribution is -2.40. The first kappa shape index (κ1) is 16.1. The van der Waals surface area contributed by atoms with Crippen molar-refractivity contribution in [2.45, 2.75) is 44.1 Å². The molecule has 1 fully saturated rings. The first-order valence-electron chi connectivity index (χ1n) is 7.34. The van der Waals surface area contributed by atoms with Crippen LogP contribution in [-0.2, 0) is 11.2 Å². The molecule has 0 aromatic heterocycles. The minimum atomic E-state index is -0.695. The number of hydrogen-bond acceptors (Lipinski definition) is 3. The van der Waals surface area contributed by atoms with Crippen LogP contribution in [0, 0.1) is 0 Å². The highest BCUT2D eigenvalue weighted by Gasteiger charge is 2.31. The van der Waals surface area contributed by atoms with Crippen LogP contribution in [0.3, 0.4) is 0 Å². The first-order chi connectivity index (χ1) is 10.0. The van der Waals surface area contributed by atoms with Gasteiger partial charge in [0.05, 0.1) is 17.7 Å². The molecule has 5 heteroatoms. The summed E-state index contributed by atoms with van der Waals surface area (Å²) >= 11 is 6.05. The first-order valence-corrected chi connectivity index (χ1v) is 7.72. The minimum Gasteiger partial charge on any atom is -0.495 e. The zero-order valence-corrected chi connectivity index (χ0v) is 13.1. The standard InChI is InChI=1S/C16H22ClNO3/c1-21-14-6-4-12(10-13(14)17)5-7-15(19)18-11-16(20)8-2-3-9-16/h4,6,10,20H,2-3,5,7-9,11H2,1H3,(H,18,19). The Labute approximate surface area is 130 Å². The maximum Gasteiger partial charge on any atom is 0.220 e.